The summed E-state index contributed by atoms with van der Waals surface area (Å²) in [6.07, 6.45) is 2.92. The summed E-state index contributed by atoms with van der Waals surface area (Å²) in [6.45, 7) is 2.99. The molecular weight excluding hydrogens is 397 g/mol. The molecule has 0 spiro atoms. The zero-order valence-corrected chi connectivity index (χ0v) is 16.5. The third-order valence-corrected chi connectivity index (χ3v) is 5.83. The van der Waals surface area contributed by atoms with E-state index in [1.54, 1.807) is 6.20 Å². The lowest BCUT2D eigenvalue weighted by molar-refractivity contribution is -0.137. The van der Waals surface area contributed by atoms with E-state index in [0.29, 0.717) is 5.82 Å². The van der Waals surface area contributed by atoms with Crippen molar-refractivity contribution in [3.8, 4) is 0 Å². The maximum absolute atomic E-state index is 13.1. The Morgan fingerprint density at radius 3 is 2.73 bits per heavy atom. The molecule has 0 amide bonds. The number of hydrogen-bond donors (Lipinski definition) is 2. The van der Waals surface area contributed by atoms with Gasteiger partial charge in [0.1, 0.15) is 23.0 Å². The maximum Gasteiger partial charge on any atom is 0.421 e. The Balaban J connectivity index is 1.50. The van der Waals surface area contributed by atoms with Crippen molar-refractivity contribution in [2.24, 2.45) is 0 Å². The number of anilines is 3. The molecule has 8 nitrogen and oxygen atoms in total. The molecule has 158 valence electrons. The van der Waals surface area contributed by atoms with E-state index in [4.69, 9.17) is 5.10 Å². The van der Waals surface area contributed by atoms with Gasteiger partial charge in [-0.3, -0.25) is 0 Å². The molecule has 0 aromatic carbocycles. The molecule has 2 N–H and O–H groups in total. The lowest BCUT2D eigenvalue weighted by atomic mass is 9.85. The summed E-state index contributed by atoms with van der Waals surface area (Å²) in [4.78, 5) is 12.4. The Morgan fingerprint density at radius 2 is 2.03 bits per heavy atom. The van der Waals surface area contributed by atoms with Crippen LogP contribution in [0.3, 0.4) is 0 Å². The number of halogens is 3. The zero-order chi connectivity index (χ0) is 21.1. The summed E-state index contributed by atoms with van der Waals surface area (Å²) in [6, 6.07) is 2.20. The number of imidazole rings is 1. The van der Waals surface area contributed by atoms with Gasteiger partial charge in [-0.05, 0) is 26.2 Å². The first-order chi connectivity index (χ1) is 14.3. The predicted molar refractivity (Wildman–Crippen MR) is 104 cm³/mol. The van der Waals surface area contributed by atoms with E-state index < -0.39 is 11.7 Å². The second-order valence-electron chi connectivity index (χ2n) is 7.95. The monoisotopic (exact) mass is 418 g/mol. The average Bonchev–Trinajstić information content (AvgIpc) is 3.13. The Kier molecular flexibility index (Phi) is 4.06. The number of fused-ring (bicyclic) bond motifs is 1. The highest BCUT2D eigenvalue weighted by molar-refractivity contribution is 5.55. The number of rotatable bonds is 5. The van der Waals surface area contributed by atoms with E-state index in [-0.39, 0.29) is 23.2 Å². The van der Waals surface area contributed by atoms with E-state index in [0.717, 1.165) is 43.5 Å². The lowest BCUT2D eigenvalue weighted by Crippen LogP contribution is -2.22. The quantitative estimate of drug-likeness (QED) is 0.657. The van der Waals surface area contributed by atoms with Crippen LogP contribution in [-0.2, 0) is 18.1 Å². The summed E-state index contributed by atoms with van der Waals surface area (Å²) in [5, 5.41) is 10.4. The summed E-state index contributed by atoms with van der Waals surface area (Å²) < 4.78 is 43.4. The van der Waals surface area contributed by atoms with Crippen molar-refractivity contribution < 1.29 is 13.2 Å². The van der Waals surface area contributed by atoms with E-state index in [1.807, 2.05) is 16.9 Å². The Morgan fingerprint density at radius 1 is 1.23 bits per heavy atom. The molecule has 0 saturated heterocycles. The van der Waals surface area contributed by atoms with Crippen LogP contribution in [0, 0.1) is 0 Å². The van der Waals surface area contributed by atoms with Crippen molar-refractivity contribution in [3.63, 3.8) is 0 Å². The standard InChI is InChI=1S/C19H21F3N8/c1-18(5-7-29-8-6-24-16(18)29)13-9-14(30(28-13)11-3-4-11)26-17-25-10-12(19(20,21)22)15(23-2)27-17/h6,8-11H,3-5,7H2,1-2H3,(H2,23,25,26,27)/t18-/m0/s1. The molecule has 1 atom stereocenters. The molecule has 4 heterocycles. The number of aromatic nitrogens is 6. The SMILES string of the molecule is CNc1nc(Nc2cc([C@]3(C)CCn4ccnc43)nn2C2CC2)ncc1C(F)(F)F. The highest BCUT2D eigenvalue weighted by Crippen LogP contribution is 2.43. The van der Waals surface area contributed by atoms with E-state index in [9.17, 15) is 13.2 Å². The van der Waals surface area contributed by atoms with Crippen LogP contribution in [0.4, 0.5) is 30.8 Å². The highest BCUT2D eigenvalue weighted by Gasteiger charge is 2.41. The number of nitrogens with one attached hydrogen (secondary N) is 2. The molecule has 1 aliphatic heterocycles. The molecule has 1 fully saturated rings. The molecular formula is C19H21F3N8. The van der Waals surface area contributed by atoms with Gasteiger partial charge in [-0.15, -0.1) is 0 Å². The average molecular weight is 418 g/mol. The van der Waals surface area contributed by atoms with Crippen LogP contribution in [0.1, 0.15) is 49.3 Å². The maximum atomic E-state index is 13.1. The number of alkyl halides is 3. The van der Waals surface area contributed by atoms with Crippen LogP contribution in [-0.4, -0.2) is 36.3 Å². The molecule has 3 aromatic heterocycles. The van der Waals surface area contributed by atoms with Gasteiger partial charge < -0.3 is 15.2 Å². The fourth-order valence-electron chi connectivity index (χ4n) is 3.98. The van der Waals surface area contributed by atoms with E-state index in [1.165, 1.54) is 7.05 Å². The van der Waals surface area contributed by atoms with Crippen molar-refractivity contribution in [1.82, 2.24) is 29.3 Å². The molecule has 11 heteroatoms. The van der Waals surface area contributed by atoms with Gasteiger partial charge in [0.2, 0.25) is 5.95 Å². The molecule has 5 rings (SSSR count). The minimum absolute atomic E-state index is 0.0822. The van der Waals surface area contributed by atoms with Gasteiger partial charge in [0.15, 0.2) is 0 Å². The topological polar surface area (TPSA) is 85.5 Å². The van der Waals surface area contributed by atoms with E-state index in [2.05, 4.69) is 37.1 Å². The second-order valence-corrected chi connectivity index (χ2v) is 7.95. The lowest BCUT2D eigenvalue weighted by Gasteiger charge is -2.19. The fraction of sp³-hybridized carbons (Fsp3) is 0.474. The van der Waals surface area contributed by atoms with Crippen LogP contribution >= 0.6 is 0 Å². The fourth-order valence-corrected chi connectivity index (χ4v) is 3.98. The van der Waals surface area contributed by atoms with E-state index >= 15 is 0 Å². The van der Waals surface area contributed by atoms with Gasteiger partial charge in [-0.2, -0.15) is 23.3 Å². The molecule has 3 aromatic rings. The van der Waals surface area contributed by atoms with Crippen molar-refractivity contribution in [2.45, 2.75) is 50.4 Å². The van der Waals surface area contributed by atoms with Gasteiger partial charge in [0.05, 0.1) is 17.2 Å². The van der Waals surface area contributed by atoms with Crippen molar-refractivity contribution in [2.75, 3.05) is 17.7 Å². The van der Waals surface area contributed by atoms with Crippen LogP contribution < -0.4 is 10.6 Å². The molecule has 1 aliphatic carbocycles. The summed E-state index contributed by atoms with van der Waals surface area (Å²) in [5.74, 6) is 1.44. The first kappa shape index (κ1) is 18.9. The molecule has 30 heavy (non-hydrogen) atoms. The Labute approximate surface area is 170 Å². The number of nitrogens with zero attached hydrogens (tertiary/aromatic N) is 6. The highest BCUT2D eigenvalue weighted by atomic mass is 19.4. The third-order valence-electron chi connectivity index (χ3n) is 5.83. The van der Waals surface area contributed by atoms with Crippen LogP contribution in [0.15, 0.2) is 24.7 Å². The molecule has 2 aliphatic rings. The summed E-state index contributed by atoms with van der Waals surface area (Å²) in [7, 11) is 1.40. The first-order valence-corrected chi connectivity index (χ1v) is 9.80. The largest absolute Gasteiger partial charge is 0.421 e. The van der Waals surface area contributed by atoms with Crippen LogP contribution in [0.25, 0.3) is 0 Å². The van der Waals surface area contributed by atoms with Crippen molar-refractivity contribution in [3.05, 3.63) is 41.7 Å². The first-order valence-electron chi connectivity index (χ1n) is 9.80. The smallest absolute Gasteiger partial charge is 0.372 e. The number of aryl methyl sites for hydroxylation is 1. The van der Waals surface area contributed by atoms with Gasteiger partial charge >= 0.3 is 6.18 Å². The molecule has 0 unspecified atom stereocenters. The van der Waals surface area contributed by atoms with Crippen molar-refractivity contribution in [1.29, 1.82) is 0 Å². The minimum atomic E-state index is -4.53. The molecule has 0 bridgehead atoms. The van der Waals surface area contributed by atoms with Crippen molar-refractivity contribution >= 4 is 17.6 Å². The van der Waals surface area contributed by atoms with Gasteiger partial charge in [0.25, 0.3) is 0 Å². The van der Waals surface area contributed by atoms with Crippen LogP contribution in [0.5, 0.6) is 0 Å². The summed E-state index contributed by atoms with van der Waals surface area (Å²) >= 11 is 0. The number of hydrogen-bond acceptors (Lipinski definition) is 6. The zero-order valence-electron chi connectivity index (χ0n) is 16.5. The Hall–Kier alpha value is -3.11. The van der Waals surface area contributed by atoms with Gasteiger partial charge in [-0.1, -0.05) is 0 Å². The van der Waals surface area contributed by atoms with Crippen LogP contribution in [0.2, 0.25) is 0 Å². The predicted octanol–water partition coefficient (Wildman–Crippen LogP) is 3.72. The van der Waals surface area contributed by atoms with Gasteiger partial charge in [-0.25, -0.2) is 14.6 Å². The second kappa shape index (κ2) is 6.44. The normalized spacial score (nSPS) is 21.0. The minimum Gasteiger partial charge on any atom is -0.372 e. The van der Waals surface area contributed by atoms with Gasteiger partial charge in [0, 0.05) is 38.2 Å². The molecule has 0 radical (unpaired) electrons. The Bertz CT molecular complexity index is 1100. The molecule has 1 saturated carbocycles. The summed E-state index contributed by atoms with van der Waals surface area (Å²) in [5.41, 5.74) is -0.350. The third kappa shape index (κ3) is 2.99.